The molecule has 2 heterocycles. The van der Waals surface area contributed by atoms with E-state index in [1.165, 1.54) is 0 Å². The fourth-order valence-electron chi connectivity index (χ4n) is 4.11. The SMILES string of the molecule is COc1ccc(CCC(=O)N2Cc3cn(C)nc3C(C(=O)Nc3ccccc3OC)C2)cc1. The van der Waals surface area contributed by atoms with Gasteiger partial charge in [0.05, 0.1) is 25.6 Å². The van der Waals surface area contributed by atoms with Gasteiger partial charge in [-0.2, -0.15) is 5.10 Å². The molecule has 1 aromatic heterocycles. The van der Waals surface area contributed by atoms with Gasteiger partial charge in [-0.1, -0.05) is 24.3 Å². The van der Waals surface area contributed by atoms with Crippen LogP contribution in [0.15, 0.2) is 54.7 Å². The Labute approximate surface area is 193 Å². The summed E-state index contributed by atoms with van der Waals surface area (Å²) in [7, 11) is 5.01. The molecule has 0 bridgehead atoms. The fourth-order valence-corrected chi connectivity index (χ4v) is 4.11. The summed E-state index contributed by atoms with van der Waals surface area (Å²) < 4.78 is 12.2. The van der Waals surface area contributed by atoms with Crippen LogP contribution < -0.4 is 14.8 Å². The Bertz CT molecular complexity index is 1140. The molecular formula is C25H28N4O4. The minimum absolute atomic E-state index is 0.00964. The fraction of sp³-hybridized carbons (Fsp3) is 0.320. The molecule has 0 fully saturated rings. The topological polar surface area (TPSA) is 85.7 Å². The molecule has 3 aromatic rings. The van der Waals surface area contributed by atoms with E-state index in [0.717, 1.165) is 16.9 Å². The highest BCUT2D eigenvalue weighted by Crippen LogP contribution is 2.31. The van der Waals surface area contributed by atoms with Gasteiger partial charge in [0.1, 0.15) is 17.4 Å². The predicted octanol–water partition coefficient (Wildman–Crippen LogP) is 3.13. The minimum Gasteiger partial charge on any atom is -0.497 e. The molecule has 1 aliphatic rings. The van der Waals surface area contributed by atoms with E-state index < -0.39 is 5.92 Å². The third kappa shape index (κ3) is 5.00. The van der Waals surface area contributed by atoms with Crippen LogP contribution in [0.2, 0.25) is 0 Å². The van der Waals surface area contributed by atoms with E-state index in [1.807, 2.05) is 49.6 Å². The minimum atomic E-state index is -0.565. The number of aromatic nitrogens is 2. The number of hydrogen-bond donors (Lipinski definition) is 1. The summed E-state index contributed by atoms with van der Waals surface area (Å²) in [6, 6.07) is 15.0. The number of nitrogens with one attached hydrogen (secondary N) is 1. The largest absolute Gasteiger partial charge is 0.497 e. The van der Waals surface area contributed by atoms with Gasteiger partial charge in [0, 0.05) is 38.3 Å². The van der Waals surface area contributed by atoms with Crippen molar-refractivity contribution in [1.29, 1.82) is 0 Å². The lowest BCUT2D eigenvalue weighted by molar-refractivity contribution is -0.133. The molecule has 1 aliphatic heterocycles. The highest BCUT2D eigenvalue weighted by Gasteiger charge is 2.35. The summed E-state index contributed by atoms with van der Waals surface area (Å²) in [5, 5.41) is 7.46. The number of carbonyl (C=O) groups excluding carboxylic acids is 2. The van der Waals surface area contributed by atoms with Crippen molar-refractivity contribution < 1.29 is 19.1 Å². The first-order valence-electron chi connectivity index (χ1n) is 10.9. The van der Waals surface area contributed by atoms with Crippen LogP contribution in [0.3, 0.4) is 0 Å². The normalized spacial score (nSPS) is 15.0. The Morgan fingerprint density at radius 2 is 1.85 bits per heavy atom. The van der Waals surface area contributed by atoms with Gasteiger partial charge in [-0.05, 0) is 36.2 Å². The molecule has 0 spiro atoms. The number of anilines is 1. The number of fused-ring (bicyclic) bond motifs is 1. The van der Waals surface area contributed by atoms with Crippen LogP contribution in [0, 0.1) is 0 Å². The molecule has 0 saturated heterocycles. The standard InChI is InChI=1S/C25H28N4O4/c1-28-14-18-15-29(23(30)13-10-17-8-11-19(32-2)12-9-17)16-20(24(18)27-28)25(31)26-21-6-4-5-7-22(21)33-3/h4-9,11-12,14,20H,10,13,15-16H2,1-3H3,(H,26,31). The highest BCUT2D eigenvalue weighted by molar-refractivity contribution is 5.97. The van der Waals surface area contributed by atoms with Gasteiger partial charge in [-0.25, -0.2) is 0 Å². The van der Waals surface area contributed by atoms with Crippen molar-refractivity contribution in [3.63, 3.8) is 0 Å². The second-order valence-electron chi connectivity index (χ2n) is 8.08. The van der Waals surface area contributed by atoms with E-state index in [-0.39, 0.29) is 18.4 Å². The molecule has 0 aliphatic carbocycles. The molecule has 4 rings (SSSR count). The molecule has 2 amide bonds. The quantitative estimate of drug-likeness (QED) is 0.600. The van der Waals surface area contributed by atoms with Crippen molar-refractivity contribution in [2.45, 2.75) is 25.3 Å². The van der Waals surface area contributed by atoms with Crippen LogP contribution in [0.1, 0.15) is 29.2 Å². The maximum absolute atomic E-state index is 13.2. The Morgan fingerprint density at radius 3 is 2.58 bits per heavy atom. The Kier molecular flexibility index (Phi) is 6.63. The number of methoxy groups -OCH3 is 2. The van der Waals surface area contributed by atoms with Crippen LogP contribution in [-0.4, -0.2) is 47.3 Å². The van der Waals surface area contributed by atoms with Gasteiger partial charge < -0.3 is 19.7 Å². The number of para-hydroxylation sites is 2. The van der Waals surface area contributed by atoms with Crippen molar-refractivity contribution in [2.24, 2.45) is 7.05 Å². The average molecular weight is 449 g/mol. The number of ether oxygens (including phenoxy) is 2. The van der Waals surface area contributed by atoms with Crippen LogP contribution in [0.25, 0.3) is 0 Å². The summed E-state index contributed by atoms with van der Waals surface area (Å²) in [6.07, 6.45) is 2.86. The highest BCUT2D eigenvalue weighted by atomic mass is 16.5. The zero-order valence-electron chi connectivity index (χ0n) is 19.1. The number of benzene rings is 2. The van der Waals surface area contributed by atoms with Gasteiger partial charge in [0.15, 0.2) is 0 Å². The van der Waals surface area contributed by atoms with Crippen LogP contribution in [0.4, 0.5) is 5.69 Å². The smallest absolute Gasteiger partial charge is 0.235 e. The lowest BCUT2D eigenvalue weighted by Gasteiger charge is -2.31. The maximum atomic E-state index is 13.2. The molecule has 172 valence electrons. The maximum Gasteiger partial charge on any atom is 0.235 e. The number of rotatable bonds is 7. The van der Waals surface area contributed by atoms with E-state index in [1.54, 1.807) is 35.9 Å². The lowest BCUT2D eigenvalue weighted by atomic mass is 9.95. The first kappa shape index (κ1) is 22.4. The third-order valence-electron chi connectivity index (χ3n) is 5.85. The van der Waals surface area contributed by atoms with Crippen molar-refractivity contribution in [3.05, 3.63) is 71.5 Å². The van der Waals surface area contributed by atoms with Gasteiger partial charge in [-0.15, -0.1) is 0 Å². The summed E-state index contributed by atoms with van der Waals surface area (Å²) in [6.45, 7) is 0.732. The predicted molar refractivity (Wildman–Crippen MR) is 124 cm³/mol. The number of hydrogen-bond acceptors (Lipinski definition) is 5. The van der Waals surface area contributed by atoms with Crippen LogP contribution in [0.5, 0.6) is 11.5 Å². The number of carbonyl (C=O) groups is 2. The molecule has 33 heavy (non-hydrogen) atoms. The van der Waals surface area contributed by atoms with Gasteiger partial charge in [-0.3, -0.25) is 14.3 Å². The molecule has 0 radical (unpaired) electrons. The van der Waals surface area contributed by atoms with E-state index in [4.69, 9.17) is 9.47 Å². The zero-order valence-corrected chi connectivity index (χ0v) is 19.1. The number of nitrogens with zero attached hydrogens (tertiary/aromatic N) is 3. The molecule has 1 unspecified atom stereocenters. The van der Waals surface area contributed by atoms with Gasteiger partial charge >= 0.3 is 0 Å². The number of amides is 2. The summed E-state index contributed by atoms with van der Waals surface area (Å²) in [5.41, 5.74) is 3.25. The lowest BCUT2D eigenvalue weighted by Crippen LogP contribution is -2.42. The third-order valence-corrected chi connectivity index (χ3v) is 5.85. The van der Waals surface area contributed by atoms with Crippen molar-refractivity contribution in [3.8, 4) is 11.5 Å². The first-order valence-corrected chi connectivity index (χ1v) is 10.9. The Morgan fingerprint density at radius 1 is 1.09 bits per heavy atom. The molecule has 1 N–H and O–H groups in total. The summed E-state index contributed by atoms with van der Waals surface area (Å²) in [5.74, 6) is 0.594. The van der Waals surface area contributed by atoms with Crippen LogP contribution in [-0.2, 0) is 29.6 Å². The van der Waals surface area contributed by atoms with E-state index >= 15 is 0 Å². The second kappa shape index (κ2) is 9.77. The van der Waals surface area contributed by atoms with Gasteiger partial charge in [0.25, 0.3) is 0 Å². The Hall–Kier alpha value is -3.81. The van der Waals surface area contributed by atoms with Crippen molar-refractivity contribution in [1.82, 2.24) is 14.7 Å². The zero-order chi connectivity index (χ0) is 23.4. The monoisotopic (exact) mass is 448 g/mol. The van der Waals surface area contributed by atoms with Crippen LogP contribution >= 0.6 is 0 Å². The summed E-state index contributed by atoms with van der Waals surface area (Å²) in [4.78, 5) is 28.1. The molecule has 2 aromatic carbocycles. The van der Waals surface area contributed by atoms with E-state index in [2.05, 4.69) is 10.4 Å². The van der Waals surface area contributed by atoms with E-state index in [0.29, 0.717) is 36.5 Å². The average Bonchev–Trinajstić information content (AvgIpc) is 3.22. The molecule has 1 atom stereocenters. The second-order valence-corrected chi connectivity index (χ2v) is 8.08. The number of aryl methyl sites for hydroxylation is 2. The Balaban J connectivity index is 1.48. The molecular weight excluding hydrogens is 420 g/mol. The molecule has 0 saturated carbocycles. The first-order chi connectivity index (χ1) is 16.0. The molecule has 8 nitrogen and oxygen atoms in total. The van der Waals surface area contributed by atoms with E-state index in [9.17, 15) is 9.59 Å². The molecule has 8 heteroatoms. The summed E-state index contributed by atoms with van der Waals surface area (Å²) >= 11 is 0. The van der Waals surface area contributed by atoms with Crippen molar-refractivity contribution in [2.75, 3.05) is 26.1 Å². The van der Waals surface area contributed by atoms with Gasteiger partial charge in [0.2, 0.25) is 11.8 Å². The van der Waals surface area contributed by atoms with Crippen molar-refractivity contribution >= 4 is 17.5 Å².